The van der Waals surface area contributed by atoms with Gasteiger partial charge in [-0.15, -0.1) is 0 Å². The van der Waals surface area contributed by atoms with Crippen molar-refractivity contribution in [3.05, 3.63) is 54.1 Å². The fraction of sp³-hybridized carbons (Fsp3) is 0.300. The van der Waals surface area contributed by atoms with Crippen molar-refractivity contribution in [3.8, 4) is 11.5 Å². The summed E-state index contributed by atoms with van der Waals surface area (Å²) in [6.45, 7) is 4.19. The fourth-order valence-corrected chi connectivity index (χ4v) is 3.63. The summed E-state index contributed by atoms with van der Waals surface area (Å²) in [6, 6.07) is 15.4. The Bertz CT molecular complexity index is 790. The van der Waals surface area contributed by atoms with Gasteiger partial charge in [-0.2, -0.15) is 0 Å². The Labute approximate surface area is 152 Å². The number of carbonyl (C=O) groups is 2. The Hall–Kier alpha value is -2.27. The molecule has 4 nitrogen and oxygen atoms in total. The zero-order valence-corrected chi connectivity index (χ0v) is 15.2. The van der Waals surface area contributed by atoms with Crippen molar-refractivity contribution in [1.29, 1.82) is 0 Å². The van der Waals surface area contributed by atoms with Gasteiger partial charge in [-0.25, -0.2) is 0 Å². The molecule has 1 aliphatic rings. The molecule has 1 aliphatic heterocycles. The zero-order chi connectivity index (χ0) is 17.8. The van der Waals surface area contributed by atoms with Gasteiger partial charge in [-0.1, -0.05) is 36.0 Å². The second-order valence-corrected chi connectivity index (χ2v) is 7.46. The molecule has 2 aromatic rings. The molecule has 0 spiro atoms. The molecular weight excluding hydrogens is 334 g/mol. The third-order valence-corrected chi connectivity index (χ3v) is 5.15. The molecule has 2 aromatic carbocycles. The van der Waals surface area contributed by atoms with Gasteiger partial charge in [0, 0.05) is 25.6 Å². The van der Waals surface area contributed by atoms with Crippen molar-refractivity contribution in [2.24, 2.45) is 5.92 Å². The van der Waals surface area contributed by atoms with Crippen molar-refractivity contribution in [1.82, 2.24) is 0 Å². The number of ether oxygens (including phenoxy) is 1. The van der Waals surface area contributed by atoms with Crippen molar-refractivity contribution in [3.63, 3.8) is 0 Å². The first-order valence-corrected chi connectivity index (χ1v) is 9.29. The minimum Gasteiger partial charge on any atom is -0.455 e. The first kappa shape index (κ1) is 17.5. The third kappa shape index (κ3) is 4.42. The Morgan fingerprint density at radius 2 is 2.04 bits per heavy atom. The van der Waals surface area contributed by atoms with Gasteiger partial charge in [-0.05, 0) is 42.7 Å². The molecule has 25 heavy (non-hydrogen) atoms. The smallest absolute Gasteiger partial charge is 0.227 e. The van der Waals surface area contributed by atoms with E-state index in [9.17, 15) is 9.59 Å². The Morgan fingerprint density at radius 3 is 2.80 bits per heavy atom. The molecule has 5 heteroatoms. The summed E-state index contributed by atoms with van der Waals surface area (Å²) >= 11 is 1.29. The molecule has 1 atom stereocenters. The van der Waals surface area contributed by atoms with Crippen LogP contribution in [0.2, 0.25) is 0 Å². The zero-order valence-electron chi connectivity index (χ0n) is 14.4. The summed E-state index contributed by atoms with van der Waals surface area (Å²) in [6.07, 6.45) is 0.471. The normalized spacial score (nSPS) is 17.0. The lowest BCUT2D eigenvalue weighted by Gasteiger charge is -2.20. The highest BCUT2D eigenvalue weighted by Crippen LogP contribution is 2.36. The predicted octanol–water partition coefficient (Wildman–Crippen LogP) is 4.42. The second-order valence-electron chi connectivity index (χ2n) is 6.26. The van der Waals surface area contributed by atoms with Crippen molar-refractivity contribution < 1.29 is 14.3 Å². The number of amides is 1. The highest BCUT2D eigenvalue weighted by atomic mass is 32.2. The molecule has 0 bridgehead atoms. The lowest BCUT2D eigenvalue weighted by Crippen LogP contribution is -2.25. The molecule has 1 amide bonds. The SMILES string of the molecule is CC(=O)SCC1CC(=O)N(c2ccccc2Oc2cccc(C)c2)C1. The van der Waals surface area contributed by atoms with E-state index in [1.807, 2.05) is 55.5 Å². The van der Waals surface area contributed by atoms with E-state index in [0.717, 1.165) is 17.0 Å². The topological polar surface area (TPSA) is 46.6 Å². The van der Waals surface area contributed by atoms with Crippen molar-refractivity contribution in [2.45, 2.75) is 20.3 Å². The number of aryl methyl sites for hydroxylation is 1. The number of rotatable bonds is 5. The highest BCUT2D eigenvalue weighted by molar-refractivity contribution is 8.13. The van der Waals surface area contributed by atoms with Crippen LogP contribution in [0, 0.1) is 12.8 Å². The molecule has 1 heterocycles. The molecule has 0 radical (unpaired) electrons. The van der Waals surface area contributed by atoms with Gasteiger partial charge in [0.15, 0.2) is 10.9 Å². The van der Waals surface area contributed by atoms with E-state index in [2.05, 4.69) is 0 Å². The summed E-state index contributed by atoms with van der Waals surface area (Å²) in [5.74, 6) is 2.37. The van der Waals surface area contributed by atoms with Crippen molar-refractivity contribution in [2.75, 3.05) is 17.2 Å². The molecule has 3 rings (SSSR count). The van der Waals surface area contributed by atoms with Crippen LogP contribution in [0.3, 0.4) is 0 Å². The molecule has 0 saturated carbocycles. The lowest BCUT2D eigenvalue weighted by atomic mass is 10.1. The highest BCUT2D eigenvalue weighted by Gasteiger charge is 2.32. The summed E-state index contributed by atoms with van der Waals surface area (Å²) in [4.78, 5) is 25.4. The molecular formula is C20H21NO3S. The average molecular weight is 355 g/mol. The first-order valence-electron chi connectivity index (χ1n) is 8.30. The van der Waals surface area contributed by atoms with Crippen LogP contribution in [-0.4, -0.2) is 23.3 Å². The summed E-state index contributed by atoms with van der Waals surface area (Å²) in [7, 11) is 0. The predicted molar refractivity (Wildman–Crippen MR) is 101 cm³/mol. The van der Waals surface area contributed by atoms with Crippen LogP contribution in [-0.2, 0) is 9.59 Å². The van der Waals surface area contributed by atoms with E-state index in [4.69, 9.17) is 4.74 Å². The van der Waals surface area contributed by atoms with Gasteiger partial charge in [0.05, 0.1) is 5.69 Å². The molecule has 0 aromatic heterocycles. The fourth-order valence-electron chi connectivity index (χ4n) is 2.93. The lowest BCUT2D eigenvalue weighted by molar-refractivity contribution is -0.117. The van der Waals surface area contributed by atoms with Gasteiger partial charge in [0.25, 0.3) is 0 Å². The maximum atomic E-state index is 12.5. The first-order chi connectivity index (χ1) is 12.0. The Morgan fingerprint density at radius 1 is 1.24 bits per heavy atom. The summed E-state index contributed by atoms with van der Waals surface area (Å²) in [5.41, 5.74) is 1.90. The van der Waals surface area contributed by atoms with Gasteiger partial charge in [0.2, 0.25) is 5.91 Å². The van der Waals surface area contributed by atoms with Gasteiger partial charge in [-0.3, -0.25) is 9.59 Å². The van der Waals surface area contributed by atoms with E-state index in [1.54, 1.807) is 11.8 Å². The quantitative estimate of drug-likeness (QED) is 0.796. The Kier molecular flexibility index (Phi) is 5.43. The monoisotopic (exact) mass is 355 g/mol. The largest absolute Gasteiger partial charge is 0.455 e. The molecule has 0 aliphatic carbocycles. The van der Waals surface area contributed by atoms with Crippen LogP contribution in [0.25, 0.3) is 0 Å². The molecule has 0 N–H and O–H groups in total. The second kappa shape index (κ2) is 7.74. The minimum absolute atomic E-state index is 0.0782. The Balaban J connectivity index is 1.78. The van der Waals surface area contributed by atoms with E-state index in [0.29, 0.717) is 24.5 Å². The average Bonchev–Trinajstić information content (AvgIpc) is 2.94. The number of hydrogen-bond acceptors (Lipinski definition) is 4. The number of anilines is 1. The molecule has 130 valence electrons. The number of benzene rings is 2. The van der Waals surface area contributed by atoms with Crippen molar-refractivity contribution >= 4 is 28.5 Å². The number of hydrogen-bond donors (Lipinski definition) is 0. The van der Waals surface area contributed by atoms with Gasteiger partial charge in [0.1, 0.15) is 5.75 Å². The third-order valence-electron chi connectivity index (χ3n) is 4.10. The summed E-state index contributed by atoms with van der Waals surface area (Å²) in [5, 5.41) is 0.0917. The number of thioether (sulfide) groups is 1. The number of para-hydroxylation sites is 2. The van der Waals surface area contributed by atoms with Crippen LogP contribution >= 0.6 is 11.8 Å². The summed E-state index contributed by atoms with van der Waals surface area (Å²) < 4.78 is 6.03. The molecule has 1 fully saturated rings. The number of carbonyl (C=O) groups excluding carboxylic acids is 2. The maximum Gasteiger partial charge on any atom is 0.227 e. The van der Waals surface area contributed by atoms with Crippen LogP contribution in [0.15, 0.2) is 48.5 Å². The van der Waals surface area contributed by atoms with Crippen LogP contribution in [0.1, 0.15) is 18.9 Å². The molecule has 1 unspecified atom stereocenters. The van der Waals surface area contributed by atoms with Crippen LogP contribution in [0.4, 0.5) is 5.69 Å². The van der Waals surface area contributed by atoms with E-state index in [-0.39, 0.29) is 16.9 Å². The molecule has 1 saturated heterocycles. The van der Waals surface area contributed by atoms with Gasteiger partial charge >= 0.3 is 0 Å². The van der Waals surface area contributed by atoms with E-state index >= 15 is 0 Å². The standard InChI is InChI=1S/C20H21NO3S/c1-14-6-5-7-17(10-14)24-19-9-4-3-8-18(19)21-12-16(11-20(21)23)13-25-15(2)22/h3-10,16H,11-13H2,1-2H3. The maximum absolute atomic E-state index is 12.5. The van der Waals surface area contributed by atoms with Crippen LogP contribution < -0.4 is 9.64 Å². The van der Waals surface area contributed by atoms with E-state index < -0.39 is 0 Å². The minimum atomic E-state index is 0.0782. The van der Waals surface area contributed by atoms with Crippen LogP contribution in [0.5, 0.6) is 11.5 Å². The van der Waals surface area contributed by atoms with Gasteiger partial charge < -0.3 is 9.64 Å². The number of nitrogens with zero attached hydrogens (tertiary/aromatic N) is 1. The van der Waals surface area contributed by atoms with E-state index in [1.165, 1.54) is 11.8 Å².